The lowest BCUT2D eigenvalue weighted by Crippen LogP contribution is -2.42. The van der Waals surface area contributed by atoms with Gasteiger partial charge in [0.25, 0.3) is 5.91 Å². The Morgan fingerprint density at radius 2 is 2.00 bits per heavy atom. The van der Waals surface area contributed by atoms with Crippen LogP contribution in [0, 0.1) is 0 Å². The van der Waals surface area contributed by atoms with Crippen molar-refractivity contribution in [2.24, 2.45) is 5.73 Å². The monoisotopic (exact) mass is 423 g/mol. The summed E-state index contributed by atoms with van der Waals surface area (Å²) in [5.41, 5.74) is 7.21. The zero-order valence-electron chi connectivity index (χ0n) is 15.7. The van der Waals surface area contributed by atoms with Gasteiger partial charge in [0.2, 0.25) is 6.79 Å². The van der Waals surface area contributed by atoms with E-state index in [4.69, 9.17) is 15.2 Å². The molecule has 1 fully saturated rings. The molecule has 152 valence electrons. The van der Waals surface area contributed by atoms with Crippen molar-refractivity contribution in [1.82, 2.24) is 10.3 Å². The summed E-state index contributed by atoms with van der Waals surface area (Å²) >= 11 is 1.49. The van der Waals surface area contributed by atoms with Crippen LogP contribution in [0.1, 0.15) is 53.2 Å². The first-order valence-electron chi connectivity index (χ1n) is 9.53. The summed E-state index contributed by atoms with van der Waals surface area (Å²) in [5, 5.41) is 5.86. The summed E-state index contributed by atoms with van der Waals surface area (Å²) < 4.78 is 11.0. The van der Waals surface area contributed by atoms with Gasteiger partial charge in [-0.2, -0.15) is 0 Å². The van der Waals surface area contributed by atoms with Crippen molar-refractivity contribution in [1.29, 1.82) is 0 Å². The number of carbonyl (C=O) groups is 1. The maximum absolute atomic E-state index is 12.6. The number of hydrogen-bond acceptors (Lipinski definition) is 6. The zero-order valence-corrected chi connectivity index (χ0v) is 17.4. The molecule has 28 heavy (non-hydrogen) atoms. The van der Waals surface area contributed by atoms with Crippen molar-refractivity contribution in [2.75, 3.05) is 19.9 Å². The maximum atomic E-state index is 12.6. The summed E-state index contributed by atoms with van der Waals surface area (Å²) in [6, 6.07) is 6.19. The van der Waals surface area contributed by atoms with Crippen LogP contribution >= 0.6 is 23.7 Å². The normalized spacial score (nSPS) is 17.0. The standard InChI is InChI=1S/C20H25N3O3S.ClH/c21-9-6-18-23-15(11-27-18)19(24)22-12-20(7-2-1-3-8-20)14-4-5-16-17(10-14)26-13-25-16;/h4-5,10-11H,1-3,6-9,12-13,21H2,(H,22,24);1H. The van der Waals surface area contributed by atoms with E-state index in [1.165, 1.54) is 36.2 Å². The van der Waals surface area contributed by atoms with Crippen LogP contribution in [0.2, 0.25) is 0 Å². The van der Waals surface area contributed by atoms with Gasteiger partial charge >= 0.3 is 0 Å². The van der Waals surface area contributed by atoms with E-state index in [9.17, 15) is 4.79 Å². The van der Waals surface area contributed by atoms with E-state index >= 15 is 0 Å². The lowest BCUT2D eigenvalue weighted by atomic mass is 9.69. The number of nitrogens with zero attached hydrogens (tertiary/aromatic N) is 1. The fraction of sp³-hybridized carbons (Fsp3) is 0.500. The van der Waals surface area contributed by atoms with E-state index in [-0.39, 0.29) is 30.5 Å². The molecular weight excluding hydrogens is 398 g/mol. The van der Waals surface area contributed by atoms with Gasteiger partial charge in [-0.25, -0.2) is 4.98 Å². The number of carbonyl (C=O) groups excluding carboxylic acids is 1. The van der Waals surface area contributed by atoms with Crippen molar-refractivity contribution < 1.29 is 14.3 Å². The predicted octanol–water partition coefficient (Wildman–Crippen LogP) is 3.43. The van der Waals surface area contributed by atoms with Gasteiger partial charge in [0.05, 0.1) is 5.01 Å². The summed E-state index contributed by atoms with van der Waals surface area (Å²) in [4.78, 5) is 17.0. The van der Waals surface area contributed by atoms with Crippen LogP contribution in [0.15, 0.2) is 23.6 Å². The molecule has 0 radical (unpaired) electrons. The highest BCUT2D eigenvalue weighted by Crippen LogP contribution is 2.43. The van der Waals surface area contributed by atoms with Gasteiger partial charge in [-0.3, -0.25) is 4.79 Å². The van der Waals surface area contributed by atoms with E-state index in [0.717, 1.165) is 29.3 Å². The first-order valence-corrected chi connectivity index (χ1v) is 10.4. The zero-order chi connectivity index (χ0) is 18.7. The molecule has 6 nitrogen and oxygen atoms in total. The van der Waals surface area contributed by atoms with Crippen molar-refractivity contribution in [2.45, 2.75) is 43.9 Å². The Bertz CT molecular complexity index is 821. The third kappa shape index (κ3) is 4.26. The van der Waals surface area contributed by atoms with E-state index in [1.54, 1.807) is 0 Å². The highest BCUT2D eigenvalue weighted by Gasteiger charge is 2.35. The number of nitrogens with one attached hydrogen (secondary N) is 1. The van der Waals surface area contributed by atoms with Gasteiger partial charge in [-0.1, -0.05) is 25.3 Å². The highest BCUT2D eigenvalue weighted by atomic mass is 35.5. The average Bonchev–Trinajstić information content (AvgIpc) is 3.36. The second-order valence-corrected chi connectivity index (χ2v) is 8.20. The number of fused-ring (bicyclic) bond motifs is 1. The second-order valence-electron chi connectivity index (χ2n) is 7.26. The molecular formula is C20H26ClN3O3S. The minimum atomic E-state index is -0.111. The van der Waals surface area contributed by atoms with E-state index < -0.39 is 0 Å². The lowest BCUT2D eigenvalue weighted by molar-refractivity contribution is 0.0932. The number of nitrogens with two attached hydrogens (primary N) is 1. The first kappa shape index (κ1) is 20.9. The van der Waals surface area contributed by atoms with Crippen LogP contribution in [-0.4, -0.2) is 30.8 Å². The molecule has 1 saturated carbocycles. The highest BCUT2D eigenvalue weighted by molar-refractivity contribution is 7.09. The van der Waals surface area contributed by atoms with E-state index in [0.29, 0.717) is 25.2 Å². The second kappa shape index (κ2) is 9.11. The van der Waals surface area contributed by atoms with E-state index in [2.05, 4.69) is 22.4 Å². The van der Waals surface area contributed by atoms with Gasteiger partial charge in [0.15, 0.2) is 11.5 Å². The SMILES string of the molecule is Cl.NCCc1nc(C(=O)NCC2(c3ccc4c(c3)OCO4)CCCCC2)cs1. The number of halogens is 1. The molecule has 4 rings (SSSR count). The number of amides is 1. The quantitative estimate of drug-likeness (QED) is 0.743. The summed E-state index contributed by atoms with van der Waals surface area (Å²) in [6.07, 6.45) is 6.40. The minimum absolute atomic E-state index is 0. The van der Waals surface area contributed by atoms with Gasteiger partial charge in [0, 0.05) is 23.8 Å². The molecule has 0 atom stereocenters. The lowest BCUT2D eigenvalue weighted by Gasteiger charge is -2.38. The van der Waals surface area contributed by atoms with Crippen LogP contribution in [-0.2, 0) is 11.8 Å². The molecule has 1 aliphatic carbocycles. The van der Waals surface area contributed by atoms with Crippen LogP contribution in [0.4, 0.5) is 0 Å². The van der Waals surface area contributed by atoms with Gasteiger partial charge in [-0.15, -0.1) is 23.7 Å². The Balaban J connectivity index is 0.00000225. The number of aromatic nitrogens is 1. The predicted molar refractivity (Wildman–Crippen MR) is 112 cm³/mol. The van der Waals surface area contributed by atoms with Crippen molar-refractivity contribution >= 4 is 29.7 Å². The summed E-state index contributed by atoms with van der Waals surface area (Å²) in [7, 11) is 0. The smallest absolute Gasteiger partial charge is 0.270 e. The van der Waals surface area contributed by atoms with Gasteiger partial charge < -0.3 is 20.5 Å². The molecule has 2 aromatic rings. The van der Waals surface area contributed by atoms with Gasteiger partial charge in [0.1, 0.15) is 5.69 Å². The number of rotatable bonds is 6. The van der Waals surface area contributed by atoms with Crippen LogP contribution in [0.3, 0.4) is 0 Å². The van der Waals surface area contributed by atoms with Gasteiger partial charge in [-0.05, 0) is 37.1 Å². The Morgan fingerprint density at radius 3 is 2.79 bits per heavy atom. The molecule has 0 bridgehead atoms. The van der Waals surface area contributed by atoms with E-state index in [1.807, 2.05) is 11.4 Å². The molecule has 1 aliphatic heterocycles. The average molecular weight is 424 g/mol. The largest absolute Gasteiger partial charge is 0.454 e. The fourth-order valence-corrected chi connectivity index (χ4v) is 4.81. The van der Waals surface area contributed by atoms with Crippen molar-refractivity contribution in [3.8, 4) is 11.5 Å². The Labute approximate surface area is 175 Å². The Hall–Kier alpha value is -1.83. The molecule has 2 aliphatic rings. The number of benzene rings is 1. The Kier molecular flexibility index (Phi) is 6.80. The first-order chi connectivity index (χ1) is 13.2. The van der Waals surface area contributed by atoms with Crippen LogP contribution in [0.25, 0.3) is 0 Å². The number of ether oxygens (including phenoxy) is 2. The molecule has 1 amide bonds. The third-order valence-corrected chi connectivity index (χ3v) is 6.43. The molecule has 2 heterocycles. The molecule has 0 saturated heterocycles. The van der Waals surface area contributed by atoms with Crippen LogP contribution in [0.5, 0.6) is 11.5 Å². The van der Waals surface area contributed by atoms with Crippen molar-refractivity contribution in [3.05, 3.63) is 39.8 Å². The number of hydrogen-bond donors (Lipinski definition) is 2. The minimum Gasteiger partial charge on any atom is -0.454 e. The summed E-state index contributed by atoms with van der Waals surface area (Å²) in [6.45, 7) is 1.43. The topological polar surface area (TPSA) is 86.5 Å². The Morgan fingerprint density at radius 1 is 1.21 bits per heavy atom. The molecule has 1 aromatic carbocycles. The molecule has 3 N–H and O–H groups in total. The maximum Gasteiger partial charge on any atom is 0.270 e. The molecule has 1 aromatic heterocycles. The van der Waals surface area contributed by atoms with Crippen molar-refractivity contribution in [3.63, 3.8) is 0 Å². The summed E-state index contributed by atoms with van der Waals surface area (Å²) in [5.74, 6) is 1.48. The fourth-order valence-electron chi connectivity index (χ4n) is 4.02. The molecule has 8 heteroatoms. The third-order valence-electron chi connectivity index (χ3n) is 5.53. The number of thiazole rings is 1. The molecule has 0 unspecified atom stereocenters. The van der Waals surface area contributed by atoms with Crippen LogP contribution < -0.4 is 20.5 Å². The molecule has 0 spiro atoms.